The number of halogens is 2. The number of benzene rings is 3. The third-order valence-corrected chi connectivity index (χ3v) is 8.47. The first kappa shape index (κ1) is 29.3. The Morgan fingerprint density at radius 3 is 2.18 bits per heavy atom. The van der Waals surface area contributed by atoms with Crippen LogP contribution in [-0.2, 0) is 26.2 Å². The average Bonchev–Trinajstić information content (AvgIpc) is 2.93. The molecule has 0 aliphatic heterocycles. The maximum absolute atomic E-state index is 13.9. The van der Waals surface area contributed by atoms with Crippen LogP contribution in [0.3, 0.4) is 0 Å². The second kappa shape index (κ2) is 13.0. The SMILES string of the molecule is CC[C@H](C(=O)NC)N(Cc1ccc(OC)cc1)C(=O)CN(c1ccc(Cl)c(Cl)c1)S(=O)(=O)c1ccccc1. The molecule has 1 N–H and O–H groups in total. The highest BCUT2D eigenvalue weighted by Crippen LogP contribution is 2.31. The van der Waals surface area contributed by atoms with Crippen molar-refractivity contribution in [3.63, 3.8) is 0 Å². The quantitative estimate of drug-likeness (QED) is 0.354. The van der Waals surface area contributed by atoms with E-state index in [9.17, 15) is 18.0 Å². The first-order valence-electron chi connectivity index (χ1n) is 11.8. The number of sulfonamides is 1. The van der Waals surface area contributed by atoms with Crippen LogP contribution in [0.4, 0.5) is 5.69 Å². The fraction of sp³-hybridized carbons (Fsp3) is 0.259. The topological polar surface area (TPSA) is 96.0 Å². The first-order chi connectivity index (χ1) is 18.1. The largest absolute Gasteiger partial charge is 0.497 e. The van der Waals surface area contributed by atoms with Crippen molar-refractivity contribution in [2.75, 3.05) is 25.0 Å². The molecule has 8 nitrogen and oxygen atoms in total. The number of hydrogen-bond donors (Lipinski definition) is 1. The van der Waals surface area contributed by atoms with Crippen molar-refractivity contribution in [2.45, 2.75) is 30.8 Å². The lowest BCUT2D eigenvalue weighted by Crippen LogP contribution is -2.51. The van der Waals surface area contributed by atoms with E-state index in [1.165, 1.54) is 42.3 Å². The van der Waals surface area contributed by atoms with Gasteiger partial charge in [0.25, 0.3) is 10.0 Å². The predicted octanol–water partition coefficient (Wildman–Crippen LogP) is 4.75. The van der Waals surface area contributed by atoms with Gasteiger partial charge in [-0.2, -0.15) is 0 Å². The normalized spacial score (nSPS) is 11.9. The summed E-state index contributed by atoms with van der Waals surface area (Å²) >= 11 is 12.3. The van der Waals surface area contributed by atoms with E-state index in [-0.39, 0.29) is 33.1 Å². The maximum atomic E-state index is 13.9. The van der Waals surface area contributed by atoms with Crippen molar-refractivity contribution in [1.29, 1.82) is 0 Å². The van der Waals surface area contributed by atoms with Gasteiger partial charge in [-0.15, -0.1) is 0 Å². The van der Waals surface area contributed by atoms with Crippen LogP contribution in [0.25, 0.3) is 0 Å². The minimum atomic E-state index is -4.19. The van der Waals surface area contributed by atoms with Gasteiger partial charge in [0.15, 0.2) is 0 Å². The Morgan fingerprint density at radius 1 is 0.974 bits per heavy atom. The number of carbonyl (C=O) groups is 2. The molecule has 202 valence electrons. The molecule has 0 heterocycles. The van der Waals surface area contributed by atoms with E-state index >= 15 is 0 Å². The molecular formula is C27H29Cl2N3O5S. The third kappa shape index (κ3) is 6.78. The van der Waals surface area contributed by atoms with Crippen LogP contribution in [0.5, 0.6) is 5.75 Å². The minimum absolute atomic E-state index is 0.00100. The van der Waals surface area contributed by atoms with E-state index in [2.05, 4.69) is 5.32 Å². The van der Waals surface area contributed by atoms with Gasteiger partial charge >= 0.3 is 0 Å². The van der Waals surface area contributed by atoms with Gasteiger partial charge < -0.3 is 15.0 Å². The summed E-state index contributed by atoms with van der Waals surface area (Å²) in [7, 11) is -1.15. The Kier molecular flexibility index (Phi) is 10.0. The lowest BCUT2D eigenvalue weighted by molar-refractivity contribution is -0.140. The molecule has 0 radical (unpaired) electrons. The number of ether oxygens (including phenoxy) is 1. The molecule has 3 aromatic rings. The fourth-order valence-corrected chi connectivity index (χ4v) is 5.62. The van der Waals surface area contributed by atoms with Gasteiger partial charge in [0.05, 0.1) is 27.7 Å². The predicted molar refractivity (Wildman–Crippen MR) is 149 cm³/mol. The van der Waals surface area contributed by atoms with Crippen LogP contribution in [0, 0.1) is 0 Å². The second-order valence-electron chi connectivity index (χ2n) is 8.33. The van der Waals surface area contributed by atoms with E-state index < -0.39 is 28.5 Å². The molecule has 0 aliphatic rings. The molecule has 3 rings (SSSR count). The molecule has 0 aliphatic carbocycles. The standard InChI is InChI=1S/C27H29Cl2N3O5S/c1-4-25(27(34)30-2)31(17-19-10-13-21(37-3)14-11-19)26(33)18-32(20-12-15-23(28)24(29)16-20)38(35,36)22-8-6-5-7-9-22/h5-16,25H,4,17-18H2,1-3H3,(H,30,34)/t25-/m1/s1. The van der Waals surface area contributed by atoms with E-state index in [0.29, 0.717) is 12.2 Å². The lowest BCUT2D eigenvalue weighted by Gasteiger charge is -2.33. The van der Waals surface area contributed by atoms with E-state index in [4.69, 9.17) is 27.9 Å². The summed E-state index contributed by atoms with van der Waals surface area (Å²) in [4.78, 5) is 28.0. The van der Waals surface area contributed by atoms with E-state index in [0.717, 1.165) is 9.87 Å². The van der Waals surface area contributed by atoms with Gasteiger partial charge in [0.2, 0.25) is 11.8 Å². The van der Waals surface area contributed by atoms with Crippen LogP contribution in [-0.4, -0.2) is 51.9 Å². The lowest BCUT2D eigenvalue weighted by atomic mass is 10.1. The zero-order chi connectivity index (χ0) is 27.9. The first-order valence-corrected chi connectivity index (χ1v) is 14.0. The number of likely N-dealkylation sites (N-methyl/N-ethyl adjacent to an activating group) is 1. The molecular weight excluding hydrogens is 549 g/mol. The zero-order valence-corrected chi connectivity index (χ0v) is 23.6. The molecule has 0 bridgehead atoms. The average molecular weight is 579 g/mol. The molecule has 1 atom stereocenters. The molecule has 0 spiro atoms. The molecule has 0 unspecified atom stereocenters. The highest BCUT2D eigenvalue weighted by Gasteiger charge is 2.33. The molecule has 2 amide bonds. The van der Waals surface area contributed by atoms with Crippen LogP contribution in [0.15, 0.2) is 77.7 Å². The van der Waals surface area contributed by atoms with Gasteiger partial charge in [0.1, 0.15) is 18.3 Å². The number of carbonyl (C=O) groups excluding carboxylic acids is 2. The highest BCUT2D eigenvalue weighted by molar-refractivity contribution is 7.92. The molecule has 0 saturated carbocycles. The van der Waals surface area contributed by atoms with Crippen molar-refractivity contribution < 1.29 is 22.7 Å². The van der Waals surface area contributed by atoms with E-state index in [1.54, 1.807) is 56.5 Å². The van der Waals surface area contributed by atoms with Gasteiger partial charge in [0, 0.05) is 13.6 Å². The smallest absolute Gasteiger partial charge is 0.264 e. The van der Waals surface area contributed by atoms with Gasteiger partial charge in [-0.1, -0.05) is 60.5 Å². The number of methoxy groups -OCH3 is 1. The molecule has 38 heavy (non-hydrogen) atoms. The van der Waals surface area contributed by atoms with Gasteiger partial charge in [-0.05, 0) is 54.4 Å². The fourth-order valence-electron chi connectivity index (χ4n) is 3.90. The summed E-state index contributed by atoms with van der Waals surface area (Å²) in [5.74, 6) is -0.284. The van der Waals surface area contributed by atoms with Crippen molar-refractivity contribution in [3.05, 3.63) is 88.4 Å². The molecule has 0 aromatic heterocycles. The molecule has 11 heteroatoms. The Bertz CT molecular complexity index is 1370. The van der Waals surface area contributed by atoms with Crippen LogP contribution in [0.1, 0.15) is 18.9 Å². The minimum Gasteiger partial charge on any atom is -0.497 e. The summed E-state index contributed by atoms with van der Waals surface area (Å²) in [6.07, 6.45) is 0.319. The van der Waals surface area contributed by atoms with Crippen molar-refractivity contribution in [3.8, 4) is 5.75 Å². The number of nitrogens with zero attached hydrogens (tertiary/aromatic N) is 2. The second-order valence-corrected chi connectivity index (χ2v) is 11.0. The monoisotopic (exact) mass is 577 g/mol. The Labute approximate surface area is 233 Å². The van der Waals surface area contributed by atoms with Crippen LogP contribution < -0.4 is 14.4 Å². The summed E-state index contributed by atoms with van der Waals surface area (Å²) in [5, 5.41) is 2.97. The maximum Gasteiger partial charge on any atom is 0.264 e. The summed E-state index contributed by atoms with van der Waals surface area (Å²) in [6.45, 7) is 1.29. The van der Waals surface area contributed by atoms with Crippen molar-refractivity contribution >= 4 is 50.7 Å². The summed E-state index contributed by atoms with van der Waals surface area (Å²) in [6, 6.07) is 18.3. The Balaban J connectivity index is 2.06. The van der Waals surface area contributed by atoms with Crippen LogP contribution in [0.2, 0.25) is 10.0 Å². The third-order valence-electron chi connectivity index (χ3n) is 5.95. The Morgan fingerprint density at radius 2 is 1.63 bits per heavy atom. The van der Waals surface area contributed by atoms with Crippen LogP contribution >= 0.6 is 23.2 Å². The van der Waals surface area contributed by atoms with Crippen molar-refractivity contribution in [2.24, 2.45) is 0 Å². The number of anilines is 1. The van der Waals surface area contributed by atoms with Crippen molar-refractivity contribution in [1.82, 2.24) is 10.2 Å². The number of nitrogens with one attached hydrogen (secondary N) is 1. The zero-order valence-electron chi connectivity index (χ0n) is 21.2. The summed E-state index contributed by atoms with van der Waals surface area (Å²) in [5.41, 5.74) is 0.905. The highest BCUT2D eigenvalue weighted by atomic mass is 35.5. The van der Waals surface area contributed by atoms with Gasteiger partial charge in [-0.3, -0.25) is 13.9 Å². The molecule has 3 aromatic carbocycles. The molecule has 0 saturated heterocycles. The Hall–Kier alpha value is -3.27. The summed E-state index contributed by atoms with van der Waals surface area (Å²) < 4.78 is 33.6. The molecule has 0 fully saturated rings. The van der Waals surface area contributed by atoms with E-state index in [1.807, 2.05) is 0 Å². The van der Waals surface area contributed by atoms with Gasteiger partial charge in [-0.25, -0.2) is 8.42 Å². The number of rotatable bonds is 11. The number of hydrogen-bond acceptors (Lipinski definition) is 5. The number of amides is 2.